The van der Waals surface area contributed by atoms with Crippen LogP contribution in [-0.4, -0.2) is 47.6 Å². The van der Waals surface area contributed by atoms with Gasteiger partial charge in [0.15, 0.2) is 9.84 Å². The van der Waals surface area contributed by atoms with Crippen LogP contribution in [0.25, 0.3) is 22.2 Å². The first-order valence-corrected chi connectivity index (χ1v) is 17.5. The first-order valence-electron chi connectivity index (χ1n) is 14.1. The standard InChI is InChI=1S/C32H32BrFN4O4S2/c1-21(2)44(39,40)14-13-41-12-4-7-31-38-29(19-43-31)23-8-10-28-26(16-23)32(36-20-35-28)37-25-9-11-30(27(33)17-25)42-18-22-5-3-6-24(34)15-22/h3,5-6,8-11,15-17,19-21H,4,7,12-14,18H2,1-2H3,(H,35,36,37). The number of nitrogens with zero attached hydrogens (tertiary/aromatic N) is 3. The number of halogens is 2. The Morgan fingerprint density at radius 1 is 1.05 bits per heavy atom. The van der Waals surface area contributed by atoms with E-state index in [1.54, 1.807) is 31.3 Å². The normalized spacial score (nSPS) is 11.8. The Hall–Kier alpha value is -3.45. The summed E-state index contributed by atoms with van der Waals surface area (Å²) in [6.07, 6.45) is 3.04. The maximum atomic E-state index is 13.5. The smallest absolute Gasteiger partial charge is 0.154 e. The molecule has 8 nitrogen and oxygen atoms in total. The van der Waals surface area contributed by atoms with Crippen LogP contribution in [0, 0.1) is 5.82 Å². The molecule has 0 saturated heterocycles. The molecule has 2 heterocycles. The van der Waals surface area contributed by atoms with Gasteiger partial charge >= 0.3 is 0 Å². The first kappa shape index (κ1) is 32.0. The largest absolute Gasteiger partial charge is 0.488 e. The third-order valence-corrected chi connectivity index (χ3v) is 10.6. The quantitative estimate of drug-likeness (QED) is 0.117. The highest BCUT2D eigenvalue weighted by molar-refractivity contribution is 9.10. The summed E-state index contributed by atoms with van der Waals surface area (Å²) in [5.74, 6) is 1.05. The molecule has 0 aliphatic heterocycles. The van der Waals surface area contributed by atoms with Gasteiger partial charge in [-0.2, -0.15) is 0 Å². The van der Waals surface area contributed by atoms with Crippen molar-refractivity contribution in [2.45, 2.75) is 38.5 Å². The summed E-state index contributed by atoms with van der Waals surface area (Å²) >= 11 is 5.16. The van der Waals surface area contributed by atoms with Crippen LogP contribution in [0.2, 0.25) is 0 Å². The monoisotopic (exact) mass is 698 g/mol. The molecular formula is C32H32BrFN4O4S2. The number of fused-ring (bicyclic) bond motifs is 1. The molecule has 0 radical (unpaired) electrons. The number of anilines is 2. The Morgan fingerprint density at radius 3 is 2.70 bits per heavy atom. The summed E-state index contributed by atoms with van der Waals surface area (Å²) in [7, 11) is -3.08. The van der Waals surface area contributed by atoms with Crippen LogP contribution in [0.4, 0.5) is 15.9 Å². The van der Waals surface area contributed by atoms with E-state index < -0.39 is 9.84 Å². The fourth-order valence-corrected chi connectivity index (χ4v) is 6.50. The number of hydrogen-bond acceptors (Lipinski definition) is 9. The molecule has 0 saturated carbocycles. The van der Waals surface area contributed by atoms with E-state index in [2.05, 4.69) is 31.2 Å². The second-order valence-electron chi connectivity index (χ2n) is 10.4. The van der Waals surface area contributed by atoms with Crippen molar-refractivity contribution in [3.8, 4) is 17.0 Å². The number of aryl methyl sites for hydroxylation is 1. The molecule has 3 aromatic carbocycles. The minimum absolute atomic E-state index is 0.0452. The van der Waals surface area contributed by atoms with Gasteiger partial charge in [-0.25, -0.2) is 27.8 Å². The summed E-state index contributed by atoms with van der Waals surface area (Å²) in [5, 5.41) is 6.87. The third-order valence-electron chi connectivity index (χ3n) is 6.87. The number of nitrogens with one attached hydrogen (secondary N) is 1. The molecule has 0 atom stereocenters. The van der Waals surface area contributed by atoms with E-state index in [9.17, 15) is 12.8 Å². The highest BCUT2D eigenvalue weighted by atomic mass is 79.9. The second-order valence-corrected chi connectivity index (χ2v) is 14.9. The van der Waals surface area contributed by atoms with Crippen LogP contribution in [-0.2, 0) is 27.6 Å². The summed E-state index contributed by atoms with van der Waals surface area (Å²) in [4.78, 5) is 13.7. The third kappa shape index (κ3) is 8.38. The fourth-order valence-electron chi connectivity index (χ4n) is 4.33. The lowest BCUT2D eigenvalue weighted by Crippen LogP contribution is -2.21. The highest BCUT2D eigenvalue weighted by Gasteiger charge is 2.15. The molecule has 0 fully saturated rings. The lowest BCUT2D eigenvalue weighted by molar-refractivity contribution is 0.146. The Labute approximate surface area is 268 Å². The van der Waals surface area contributed by atoms with Crippen molar-refractivity contribution >= 4 is 59.5 Å². The highest BCUT2D eigenvalue weighted by Crippen LogP contribution is 2.33. The van der Waals surface area contributed by atoms with E-state index in [0.29, 0.717) is 18.2 Å². The van der Waals surface area contributed by atoms with Crippen LogP contribution in [0.3, 0.4) is 0 Å². The molecule has 1 N–H and O–H groups in total. The molecule has 5 rings (SSSR count). The minimum Gasteiger partial charge on any atom is -0.488 e. The van der Waals surface area contributed by atoms with Crippen molar-refractivity contribution in [1.29, 1.82) is 0 Å². The fraction of sp³-hybridized carbons (Fsp3) is 0.281. The molecule has 0 unspecified atom stereocenters. The van der Waals surface area contributed by atoms with E-state index >= 15 is 0 Å². The molecule has 0 aliphatic carbocycles. The zero-order valence-corrected chi connectivity index (χ0v) is 27.5. The number of sulfone groups is 1. The molecular weight excluding hydrogens is 667 g/mol. The summed E-state index contributed by atoms with van der Waals surface area (Å²) in [5.41, 5.74) is 4.17. The number of aromatic nitrogens is 3. The Morgan fingerprint density at radius 2 is 1.91 bits per heavy atom. The first-order chi connectivity index (χ1) is 21.2. The number of thiazole rings is 1. The van der Waals surface area contributed by atoms with Gasteiger partial charge in [0.25, 0.3) is 0 Å². The van der Waals surface area contributed by atoms with Crippen LogP contribution in [0.5, 0.6) is 5.75 Å². The SMILES string of the molecule is CC(C)S(=O)(=O)CCOCCCc1nc(-c2ccc3ncnc(Nc4ccc(OCc5cccc(F)c5)c(Br)c4)c3c2)cs1. The van der Waals surface area contributed by atoms with Gasteiger partial charge in [-0.1, -0.05) is 18.2 Å². The summed E-state index contributed by atoms with van der Waals surface area (Å²) < 4.78 is 49.5. The molecule has 0 amide bonds. The molecule has 12 heteroatoms. The summed E-state index contributed by atoms with van der Waals surface area (Å²) in [6, 6.07) is 17.9. The Balaban J connectivity index is 1.21. The average Bonchev–Trinajstić information content (AvgIpc) is 3.47. The van der Waals surface area contributed by atoms with Gasteiger partial charge < -0.3 is 14.8 Å². The molecule has 2 aromatic heterocycles. The molecule has 0 spiro atoms. The zero-order valence-electron chi connectivity index (χ0n) is 24.3. The van der Waals surface area contributed by atoms with Crippen molar-refractivity contribution < 1.29 is 22.3 Å². The van der Waals surface area contributed by atoms with Crippen molar-refractivity contribution in [3.63, 3.8) is 0 Å². The van der Waals surface area contributed by atoms with Crippen molar-refractivity contribution in [2.24, 2.45) is 0 Å². The number of rotatable bonds is 14. The Kier molecular flexibility index (Phi) is 10.6. The van der Waals surface area contributed by atoms with Gasteiger partial charge in [-0.15, -0.1) is 11.3 Å². The van der Waals surface area contributed by atoms with Crippen molar-refractivity contribution in [2.75, 3.05) is 24.3 Å². The zero-order chi connectivity index (χ0) is 31.1. The molecule has 0 bridgehead atoms. The van der Waals surface area contributed by atoms with Gasteiger partial charge in [0, 0.05) is 35.0 Å². The van der Waals surface area contributed by atoms with Gasteiger partial charge in [0.05, 0.1) is 38.3 Å². The van der Waals surface area contributed by atoms with E-state index in [4.69, 9.17) is 14.5 Å². The van der Waals surface area contributed by atoms with Crippen LogP contribution in [0.1, 0.15) is 30.8 Å². The molecule has 230 valence electrons. The molecule has 44 heavy (non-hydrogen) atoms. The van der Waals surface area contributed by atoms with E-state index in [0.717, 1.165) is 55.7 Å². The lowest BCUT2D eigenvalue weighted by Gasteiger charge is -2.12. The molecule has 0 aliphatic rings. The predicted molar refractivity (Wildman–Crippen MR) is 177 cm³/mol. The number of benzene rings is 3. The van der Waals surface area contributed by atoms with Crippen LogP contribution < -0.4 is 10.1 Å². The van der Waals surface area contributed by atoms with Gasteiger partial charge in [-0.05, 0) is 84.2 Å². The topological polar surface area (TPSA) is 103 Å². The predicted octanol–water partition coefficient (Wildman–Crippen LogP) is 7.75. The van der Waals surface area contributed by atoms with E-state index in [-0.39, 0.29) is 30.0 Å². The van der Waals surface area contributed by atoms with Gasteiger partial charge in [0.1, 0.15) is 30.3 Å². The number of ether oxygens (including phenoxy) is 2. The molecule has 5 aromatic rings. The maximum Gasteiger partial charge on any atom is 0.154 e. The van der Waals surface area contributed by atoms with Crippen LogP contribution >= 0.6 is 27.3 Å². The minimum atomic E-state index is -3.08. The van der Waals surface area contributed by atoms with Gasteiger partial charge in [-0.3, -0.25) is 0 Å². The van der Waals surface area contributed by atoms with Crippen molar-refractivity contribution in [3.05, 3.63) is 93.2 Å². The van der Waals surface area contributed by atoms with E-state index in [1.165, 1.54) is 18.5 Å². The van der Waals surface area contributed by atoms with Crippen molar-refractivity contribution in [1.82, 2.24) is 15.0 Å². The lowest BCUT2D eigenvalue weighted by atomic mass is 10.1. The second kappa shape index (κ2) is 14.6. The van der Waals surface area contributed by atoms with Gasteiger partial charge in [0.2, 0.25) is 0 Å². The Bertz CT molecular complexity index is 1850. The maximum absolute atomic E-state index is 13.5. The number of hydrogen-bond donors (Lipinski definition) is 1. The average molecular weight is 700 g/mol. The van der Waals surface area contributed by atoms with E-state index in [1.807, 2.05) is 47.8 Å². The summed E-state index contributed by atoms with van der Waals surface area (Å²) in [6.45, 7) is 4.32. The van der Waals surface area contributed by atoms with Crippen LogP contribution in [0.15, 0.2) is 76.8 Å².